The van der Waals surface area contributed by atoms with Crippen LogP contribution in [0.15, 0.2) is 0 Å². The Morgan fingerprint density at radius 1 is 0.538 bits per heavy atom. The van der Waals surface area contributed by atoms with Crippen molar-refractivity contribution in [3.63, 3.8) is 0 Å². The summed E-state index contributed by atoms with van der Waals surface area (Å²) in [6.45, 7) is 18.9. The highest BCUT2D eigenvalue weighted by atomic mass is 31.2. The van der Waals surface area contributed by atoms with Gasteiger partial charge in [-0.3, -0.25) is 18.8 Å². The molecule has 0 aromatic carbocycles. The third-order valence-corrected chi connectivity index (χ3v) is 9.67. The molecule has 0 rings (SSSR count). The van der Waals surface area contributed by atoms with Gasteiger partial charge < -0.3 is 22.8 Å². The molecule has 0 fully saturated rings. The molecule has 0 heterocycles. The van der Waals surface area contributed by atoms with Gasteiger partial charge in [0.05, 0.1) is 30.5 Å². The number of carbonyl (C=O) groups excluding carboxylic acids is 1. The van der Waals surface area contributed by atoms with Gasteiger partial charge in [-0.1, -0.05) is 38.5 Å². The minimum atomic E-state index is -3.47. The molecule has 0 aliphatic rings. The number of esters is 1. The Morgan fingerprint density at radius 3 is 1.21 bits per heavy atom. The monoisotopic (exact) mass is 599 g/mol. The Balaban J connectivity index is 4.96. The molecule has 39 heavy (non-hydrogen) atoms. The average molecular weight is 600 g/mol. The van der Waals surface area contributed by atoms with E-state index in [-0.39, 0.29) is 49.1 Å². The molecule has 0 saturated carbocycles. The summed E-state index contributed by atoms with van der Waals surface area (Å²) >= 11 is 0. The lowest BCUT2D eigenvalue weighted by atomic mass is 10.1. The van der Waals surface area contributed by atoms with Gasteiger partial charge in [0.15, 0.2) is 0 Å². The van der Waals surface area contributed by atoms with Crippen molar-refractivity contribution in [1.82, 2.24) is 4.90 Å². The number of ether oxygens (including phenoxy) is 1. The van der Waals surface area contributed by atoms with Gasteiger partial charge in [-0.25, -0.2) is 0 Å². The molecular weight excluding hydrogens is 540 g/mol. The van der Waals surface area contributed by atoms with Crippen molar-refractivity contribution < 1.29 is 36.8 Å². The molecule has 0 radical (unpaired) electrons. The normalized spacial score (nSPS) is 13.1. The zero-order valence-electron chi connectivity index (χ0n) is 26.5. The lowest BCUT2D eigenvalue weighted by Crippen LogP contribution is -2.31. The van der Waals surface area contributed by atoms with Crippen molar-refractivity contribution >= 4 is 21.2 Å². The molecule has 0 aromatic rings. The van der Waals surface area contributed by atoms with Gasteiger partial charge in [-0.2, -0.15) is 0 Å². The lowest BCUT2D eigenvalue weighted by Gasteiger charge is -2.32. The van der Waals surface area contributed by atoms with E-state index in [9.17, 15) is 13.9 Å². The zero-order chi connectivity index (χ0) is 30.1. The molecule has 0 unspecified atom stereocenters. The number of hydrogen-bond donors (Lipinski definition) is 0. The summed E-state index contributed by atoms with van der Waals surface area (Å²) in [6, 6.07) is 0. The first-order valence-electron chi connectivity index (χ1n) is 14.9. The maximum absolute atomic E-state index is 13.6. The molecule has 0 spiro atoms. The highest BCUT2D eigenvalue weighted by Crippen LogP contribution is 2.55. The molecule has 11 heteroatoms. The third-order valence-electron chi connectivity index (χ3n) is 5.20. The maximum atomic E-state index is 13.6. The summed E-state index contributed by atoms with van der Waals surface area (Å²) in [5.41, 5.74) is 0. The van der Waals surface area contributed by atoms with Gasteiger partial charge in [0.25, 0.3) is 0 Å². The Labute approximate surface area is 239 Å². The minimum Gasteiger partial charge on any atom is -0.463 e. The number of carbonyl (C=O) groups is 1. The van der Waals surface area contributed by atoms with Crippen molar-refractivity contribution in [2.75, 3.05) is 19.1 Å². The van der Waals surface area contributed by atoms with Crippen LogP contribution >= 0.6 is 15.2 Å². The van der Waals surface area contributed by atoms with Gasteiger partial charge in [0, 0.05) is 6.42 Å². The van der Waals surface area contributed by atoms with Crippen LogP contribution in [0, 0.1) is 0 Å². The van der Waals surface area contributed by atoms with Crippen LogP contribution < -0.4 is 0 Å². The van der Waals surface area contributed by atoms with Gasteiger partial charge in [-0.05, 0) is 88.6 Å². The molecule has 0 atom stereocenters. The smallest absolute Gasteiger partial charge is 0.345 e. The molecule has 0 amide bonds. The number of nitrogens with zero attached hydrogens (tertiary/aromatic N) is 1. The van der Waals surface area contributed by atoms with E-state index in [0.29, 0.717) is 13.0 Å². The lowest BCUT2D eigenvalue weighted by molar-refractivity contribution is -0.147. The Morgan fingerprint density at radius 2 is 0.872 bits per heavy atom. The second kappa shape index (κ2) is 20.6. The van der Waals surface area contributed by atoms with Crippen LogP contribution in [0.1, 0.15) is 127 Å². The van der Waals surface area contributed by atoms with E-state index in [4.69, 9.17) is 22.8 Å². The van der Waals surface area contributed by atoms with Crippen LogP contribution in [0.5, 0.6) is 0 Å². The summed E-state index contributed by atoms with van der Waals surface area (Å²) in [5, 5.41) is 0. The average Bonchev–Trinajstić information content (AvgIpc) is 2.71. The molecule has 9 nitrogen and oxygen atoms in total. The first-order chi connectivity index (χ1) is 18.1. The standard InChI is InChI=1S/C28H59NO8P2/c1-23(2)33-28(30)19-17-15-13-11-12-14-16-18-20-29(21-38(31,34-24(3)4)35-25(5)6)22-39(32,36-26(7)8)37-27(9)10/h23-27H,11-22H2,1-10H3. The molecule has 0 aromatic heterocycles. The van der Waals surface area contributed by atoms with E-state index < -0.39 is 15.2 Å². The van der Waals surface area contributed by atoms with E-state index in [2.05, 4.69) is 0 Å². The Bertz CT molecular complexity index is 675. The number of hydrogen-bond acceptors (Lipinski definition) is 9. The largest absolute Gasteiger partial charge is 0.463 e. The predicted octanol–water partition coefficient (Wildman–Crippen LogP) is 8.75. The summed E-state index contributed by atoms with van der Waals surface area (Å²) in [7, 11) is -6.95. The summed E-state index contributed by atoms with van der Waals surface area (Å²) in [5.74, 6) is -0.112. The molecule has 0 aliphatic heterocycles. The van der Waals surface area contributed by atoms with Crippen molar-refractivity contribution in [2.45, 2.75) is 158 Å². The first-order valence-corrected chi connectivity index (χ1v) is 18.3. The second-order valence-electron chi connectivity index (χ2n) is 11.6. The highest BCUT2D eigenvalue weighted by molar-refractivity contribution is 7.54. The Kier molecular flexibility index (Phi) is 20.4. The van der Waals surface area contributed by atoms with E-state index in [1.807, 2.05) is 74.1 Å². The van der Waals surface area contributed by atoms with Crippen LogP contribution in [0.3, 0.4) is 0 Å². The third kappa shape index (κ3) is 22.1. The fraction of sp³-hybridized carbons (Fsp3) is 0.964. The van der Waals surface area contributed by atoms with Crippen molar-refractivity contribution in [1.29, 1.82) is 0 Å². The summed E-state index contributed by atoms with van der Waals surface area (Å²) in [4.78, 5) is 13.5. The predicted molar refractivity (Wildman–Crippen MR) is 159 cm³/mol. The number of rotatable bonds is 24. The molecule has 234 valence electrons. The number of unbranched alkanes of at least 4 members (excludes halogenated alkanes) is 7. The van der Waals surface area contributed by atoms with Crippen molar-refractivity contribution in [3.8, 4) is 0 Å². The molecule has 0 bridgehead atoms. The fourth-order valence-corrected chi connectivity index (χ4v) is 8.69. The van der Waals surface area contributed by atoms with Gasteiger partial charge in [0.1, 0.15) is 12.6 Å². The van der Waals surface area contributed by atoms with E-state index >= 15 is 0 Å². The molecule has 0 N–H and O–H groups in total. The van der Waals surface area contributed by atoms with Crippen LogP contribution in [-0.2, 0) is 36.8 Å². The van der Waals surface area contributed by atoms with E-state index in [1.54, 1.807) is 0 Å². The van der Waals surface area contributed by atoms with Crippen molar-refractivity contribution in [3.05, 3.63) is 0 Å². The van der Waals surface area contributed by atoms with Gasteiger partial charge in [0.2, 0.25) is 0 Å². The van der Waals surface area contributed by atoms with Crippen LogP contribution in [0.25, 0.3) is 0 Å². The first kappa shape index (κ1) is 38.7. The molecular formula is C28H59NO8P2. The van der Waals surface area contributed by atoms with E-state index in [1.165, 1.54) is 0 Å². The van der Waals surface area contributed by atoms with Gasteiger partial charge in [-0.15, -0.1) is 0 Å². The Hall–Kier alpha value is -0.270. The van der Waals surface area contributed by atoms with Gasteiger partial charge >= 0.3 is 21.2 Å². The SMILES string of the molecule is CC(C)OC(=O)CCCCCCCCCCN(CP(=O)(OC(C)C)OC(C)C)CP(=O)(OC(C)C)OC(C)C. The maximum Gasteiger partial charge on any atom is 0.345 e. The van der Waals surface area contributed by atoms with Crippen LogP contribution in [0.4, 0.5) is 0 Å². The minimum absolute atomic E-state index is 0.0233. The van der Waals surface area contributed by atoms with Crippen molar-refractivity contribution in [2.24, 2.45) is 0 Å². The summed E-state index contributed by atoms with van der Waals surface area (Å²) in [6.07, 6.45) is 7.56. The molecule has 0 saturated heterocycles. The zero-order valence-corrected chi connectivity index (χ0v) is 28.3. The summed E-state index contributed by atoms with van der Waals surface area (Å²) < 4.78 is 55.5. The highest BCUT2D eigenvalue weighted by Gasteiger charge is 2.36. The topological polar surface area (TPSA) is 101 Å². The quantitative estimate of drug-likeness (QED) is 0.0612. The fourth-order valence-electron chi connectivity index (χ4n) is 4.13. The van der Waals surface area contributed by atoms with Crippen LogP contribution in [-0.4, -0.2) is 60.5 Å². The van der Waals surface area contributed by atoms with E-state index in [0.717, 1.165) is 51.4 Å². The molecule has 0 aliphatic carbocycles. The second-order valence-corrected chi connectivity index (χ2v) is 15.5. The van der Waals surface area contributed by atoms with Crippen LogP contribution in [0.2, 0.25) is 0 Å².